The van der Waals surface area contributed by atoms with Crippen molar-refractivity contribution in [2.45, 2.75) is 13.5 Å². The van der Waals surface area contributed by atoms with Crippen molar-refractivity contribution in [2.75, 3.05) is 6.61 Å². The number of imide groups is 1. The molecule has 2 aromatic carbocycles. The molecule has 2 amide bonds. The molecule has 25 heavy (non-hydrogen) atoms. The summed E-state index contributed by atoms with van der Waals surface area (Å²) in [5.74, 6) is 0.490. The molecule has 0 radical (unpaired) electrons. The summed E-state index contributed by atoms with van der Waals surface area (Å²) in [6.07, 6.45) is 1.74. The molecule has 1 saturated heterocycles. The first-order valence-electron chi connectivity index (χ1n) is 7.79. The van der Waals surface area contributed by atoms with E-state index in [1.165, 1.54) is 4.90 Å². The summed E-state index contributed by atoms with van der Waals surface area (Å²) in [6.45, 7) is 2.79. The second-order valence-corrected chi connectivity index (χ2v) is 7.64. The number of carbonyl (C=O) groups excluding carboxylic acids is 2. The Kier molecular flexibility index (Phi) is 5.80. The van der Waals surface area contributed by atoms with Crippen LogP contribution >= 0.6 is 34.4 Å². The van der Waals surface area contributed by atoms with Crippen molar-refractivity contribution in [3.8, 4) is 5.75 Å². The Morgan fingerprint density at radius 1 is 1.16 bits per heavy atom. The van der Waals surface area contributed by atoms with Crippen LogP contribution in [0.25, 0.3) is 6.08 Å². The van der Waals surface area contributed by atoms with E-state index in [1.807, 2.05) is 55.5 Å². The topological polar surface area (TPSA) is 46.6 Å². The molecule has 0 N–H and O–H groups in total. The molecule has 0 spiro atoms. The van der Waals surface area contributed by atoms with Crippen LogP contribution in [0, 0.1) is 3.57 Å². The third kappa shape index (κ3) is 4.43. The summed E-state index contributed by atoms with van der Waals surface area (Å²) in [7, 11) is 0. The summed E-state index contributed by atoms with van der Waals surface area (Å²) in [5.41, 5.74) is 1.77. The number of benzene rings is 2. The lowest BCUT2D eigenvalue weighted by atomic mass is 10.2. The third-order valence-electron chi connectivity index (χ3n) is 3.59. The second kappa shape index (κ2) is 8.05. The fraction of sp³-hybridized carbons (Fsp3) is 0.158. The molecule has 1 fully saturated rings. The highest BCUT2D eigenvalue weighted by molar-refractivity contribution is 14.1. The minimum absolute atomic E-state index is 0.240. The fourth-order valence-corrected chi connectivity index (χ4v) is 3.62. The van der Waals surface area contributed by atoms with Crippen LogP contribution in [0.5, 0.6) is 5.75 Å². The van der Waals surface area contributed by atoms with E-state index in [-0.39, 0.29) is 17.7 Å². The molecule has 3 rings (SSSR count). The normalized spacial score (nSPS) is 15.9. The predicted octanol–water partition coefficient (Wildman–Crippen LogP) is 4.93. The van der Waals surface area contributed by atoms with Gasteiger partial charge in [-0.25, -0.2) is 0 Å². The van der Waals surface area contributed by atoms with Gasteiger partial charge in [-0.2, -0.15) is 0 Å². The Morgan fingerprint density at radius 3 is 2.64 bits per heavy atom. The van der Waals surface area contributed by atoms with E-state index in [9.17, 15) is 9.59 Å². The Labute approximate surface area is 164 Å². The average molecular weight is 465 g/mol. The number of thioether (sulfide) groups is 1. The number of nitrogens with zero attached hydrogens (tertiary/aromatic N) is 1. The summed E-state index contributed by atoms with van der Waals surface area (Å²) < 4.78 is 6.59. The summed E-state index contributed by atoms with van der Waals surface area (Å²) in [5, 5.41) is -0.240. The SMILES string of the molecule is CCOc1cccc(/C=C2\SC(=O)N(Cc3ccc(I)cc3)C2=O)c1. The summed E-state index contributed by atoms with van der Waals surface area (Å²) >= 11 is 3.20. The number of hydrogen-bond donors (Lipinski definition) is 0. The van der Waals surface area contributed by atoms with Gasteiger partial charge in [0.25, 0.3) is 11.1 Å². The van der Waals surface area contributed by atoms with E-state index in [0.29, 0.717) is 11.5 Å². The highest BCUT2D eigenvalue weighted by Gasteiger charge is 2.34. The Bertz CT molecular complexity index is 833. The van der Waals surface area contributed by atoms with E-state index in [0.717, 1.165) is 32.2 Å². The zero-order valence-corrected chi connectivity index (χ0v) is 16.5. The lowest BCUT2D eigenvalue weighted by molar-refractivity contribution is -0.123. The van der Waals surface area contributed by atoms with Gasteiger partial charge in [0.1, 0.15) is 5.75 Å². The lowest BCUT2D eigenvalue weighted by Gasteiger charge is -2.12. The van der Waals surface area contributed by atoms with Crippen LogP contribution in [0.15, 0.2) is 53.4 Å². The van der Waals surface area contributed by atoms with Gasteiger partial charge < -0.3 is 4.74 Å². The van der Waals surface area contributed by atoms with Crippen molar-refractivity contribution in [1.29, 1.82) is 0 Å². The van der Waals surface area contributed by atoms with Crippen molar-refractivity contribution < 1.29 is 14.3 Å². The molecule has 1 aliphatic rings. The Morgan fingerprint density at radius 2 is 1.92 bits per heavy atom. The monoisotopic (exact) mass is 465 g/mol. The van der Waals surface area contributed by atoms with Gasteiger partial charge in [0, 0.05) is 3.57 Å². The van der Waals surface area contributed by atoms with Crippen LogP contribution in [0.3, 0.4) is 0 Å². The number of carbonyl (C=O) groups is 2. The van der Waals surface area contributed by atoms with E-state index >= 15 is 0 Å². The second-order valence-electron chi connectivity index (χ2n) is 5.40. The first kappa shape index (κ1) is 18.0. The minimum atomic E-state index is -0.254. The quantitative estimate of drug-likeness (QED) is 0.465. The highest BCUT2D eigenvalue weighted by Crippen LogP contribution is 2.33. The molecule has 4 nitrogen and oxygen atoms in total. The Balaban J connectivity index is 1.78. The predicted molar refractivity (Wildman–Crippen MR) is 108 cm³/mol. The van der Waals surface area contributed by atoms with Gasteiger partial charge >= 0.3 is 0 Å². The van der Waals surface area contributed by atoms with E-state index in [2.05, 4.69) is 22.6 Å². The van der Waals surface area contributed by atoms with E-state index < -0.39 is 0 Å². The maximum atomic E-state index is 12.6. The molecule has 0 atom stereocenters. The van der Waals surface area contributed by atoms with Gasteiger partial charge in [0.05, 0.1) is 18.1 Å². The van der Waals surface area contributed by atoms with E-state index in [1.54, 1.807) is 6.08 Å². The van der Waals surface area contributed by atoms with Gasteiger partial charge in [-0.1, -0.05) is 24.3 Å². The van der Waals surface area contributed by atoms with Crippen LogP contribution in [-0.4, -0.2) is 22.7 Å². The smallest absolute Gasteiger partial charge is 0.293 e. The van der Waals surface area contributed by atoms with Crippen molar-refractivity contribution in [2.24, 2.45) is 0 Å². The molecule has 1 heterocycles. The molecule has 128 valence electrons. The van der Waals surface area contributed by atoms with Crippen molar-refractivity contribution in [3.05, 3.63) is 68.1 Å². The van der Waals surface area contributed by atoms with Crippen molar-refractivity contribution in [1.82, 2.24) is 4.90 Å². The molecule has 0 aromatic heterocycles. The largest absolute Gasteiger partial charge is 0.494 e. The zero-order valence-electron chi connectivity index (χ0n) is 13.6. The molecular formula is C19H16INO3S. The fourth-order valence-electron chi connectivity index (χ4n) is 2.42. The number of rotatable bonds is 5. The molecular weight excluding hydrogens is 449 g/mol. The molecule has 0 saturated carbocycles. The summed E-state index contributed by atoms with van der Waals surface area (Å²) in [6, 6.07) is 15.3. The maximum absolute atomic E-state index is 12.6. The molecule has 0 bridgehead atoms. The third-order valence-corrected chi connectivity index (χ3v) is 5.22. The van der Waals surface area contributed by atoms with Crippen LogP contribution in [0.2, 0.25) is 0 Å². The molecule has 0 unspecified atom stereocenters. The van der Waals surface area contributed by atoms with Crippen molar-refractivity contribution >= 4 is 51.6 Å². The van der Waals surface area contributed by atoms with Crippen LogP contribution < -0.4 is 4.74 Å². The molecule has 6 heteroatoms. The average Bonchev–Trinajstić information content (AvgIpc) is 2.85. The van der Waals surface area contributed by atoms with Crippen molar-refractivity contribution in [3.63, 3.8) is 0 Å². The van der Waals surface area contributed by atoms with Gasteiger partial charge in [-0.15, -0.1) is 0 Å². The number of ether oxygens (including phenoxy) is 1. The van der Waals surface area contributed by atoms with Gasteiger partial charge in [-0.3, -0.25) is 14.5 Å². The molecule has 1 aliphatic heterocycles. The number of hydrogen-bond acceptors (Lipinski definition) is 4. The van der Waals surface area contributed by atoms with Gasteiger partial charge in [-0.05, 0) is 82.7 Å². The molecule has 0 aliphatic carbocycles. The van der Waals surface area contributed by atoms with Gasteiger partial charge in [0.2, 0.25) is 0 Å². The first-order valence-corrected chi connectivity index (χ1v) is 9.69. The van der Waals surface area contributed by atoms with Crippen LogP contribution in [-0.2, 0) is 11.3 Å². The maximum Gasteiger partial charge on any atom is 0.293 e. The lowest BCUT2D eigenvalue weighted by Crippen LogP contribution is -2.27. The van der Waals surface area contributed by atoms with Crippen LogP contribution in [0.4, 0.5) is 4.79 Å². The number of halogens is 1. The van der Waals surface area contributed by atoms with E-state index in [4.69, 9.17) is 4.74 Å². The minimum Gasteiger partial charge on any atom is -0.494 e. The van der Waals surface area contributed by atoms with Gasteiger partial charge in [0.15, 0.2) is 0 Å². The number of amides is 2. The first-order chi connectivity index (χ1) is 12.1. The van der Waals surface area contributed by atoms with Crippen LogP contribution in [0.1, 0.15) is 18.1 Å². The Hall–Kier alpha value is -1.80. The standard InChI is InChI=1S/C19H16INO3S/c1-2-24-16-5-3-4-14(10-16)11-17-18(22)21(19(23)25-17)12-13-6-8-15(20)9-7-13/h3-11H,2,12H2,1H3/b17-11-. The zero-order chi connectivity index (χ0) is 17.8. The summed E-state index contributed by atoms with van der Waals surface area (Å²) in [4.78, 5) is 26.5. The molecule has 2 aromatic rings. The highest BCUT2D eigenvalue weighted by atomic mass is 127.